The van der Waals surface area contributed by atoms with E-state index in [1.165, 1.54) is 37.8 Å². The second-order valence-corrected chi connectivity index (χ2v) is 7.42. The monoisotopic (exact) mass is 275 g/mol. The molecule has 0 aliphatic heterocycles. The Morgan fingerprint density at radius 1 is 1.50 bits per heavy atom. The van der Waals surface area contributed by atoms with Crippen molar-refractivity contribution in [1.82, 2.24) is 14.5 Å². The molecule has 0 saturated carbocycles. The van der Waals surface area contributed by atoms with E-state index in [1.807, 2.05) is 0 Å². The Bertz CT molecular complexity index is 542. The SMILES string of the molecule is Cn1cc(C(NS(=O)(=O)C(C)(C)C)C(=O)O)cn1. The first-order valence-electron chi connectivity index (χ1n) is 5.28. The Kier molecular flexibility index (Phi) is 3.82. The first-order valence-corrected chi connectivity index (χ1v) is 6.76. The van der Waals surface area contributed by atoms with Crippen LogP contribution < -0.4 is 4.72 Å². The number of hydrogen-bond donors (Lipinski definition) is 2. The average molecular weight is 275 g/mol. The summed E-state index contributed by atoms with van der Waals surface area (Å²) in [6.07, 6.45) is 2.79. The molecule has 2 N–H and O–H groups in total. The van der Waals surface area contributed by atoms with Gasteiger partial charge in [-0.2, -0.15) is 9.82 Å². The highest BCUT2D eigenvalue weighted by atomic mass is 32.2. The van der Waals surface area contributed by atoms with Crippen LogP contribution in [0.5, 0.6) is 0 Å². The number of hydrogen-bond acceptors (Lipinski definition) is 4. The van der Waals surface area contributed by atoms with Gasteiger partial charge in [0.15, 0.2) is 0 Å². The van der Waals surface area contributed by atoms with Gasteiger partial charge >= 0.3 is 5.97 Å². The highest BCUT2D eigenvalue weighted by Crippen LogP contribution is 2.19. The summed E-state index contributed by atoms with van der Waals surface area (Å²) in [6, 6.07) is -1.33. The molecule has 0 aromatic carbocycles. The van der Waals surface area contributed by atoms with Crippen LogP contribution >= 0.6 is 0 Å². The van der Waals surface area contributed by atoms with Gasteiger partial charge in [0.25, 0.3) is 0 Å². The first kappa shape index (κ1) is 14.7. The number of aliphatic carboxylic acids is 1. The summed E-state index contributed by atoms with van der Waals surface area (Å²) in [5.41, 5.74) is 0.290. The van der Waals surface area contributed by atoms with E-state index >= 15 is 0 Å². The van der Waals surface area contributed by atoms with E-state index < -0.39 is 26.8 Å². The minimum atomic E-state index is -3.75. The molecule has 1 unspecified atom stereocenters. The zero-order chi connectivity index (χ0) is 14.1. The second-order valence-electron chi connectivity index (χ2n) is 4.95. The predicted molar refractivity (Wildman–Crippen MR) is 65.4 cm³/mol. The maximum Gasteiger partial charge on any atom is 0.326 e. The molecule has 1 aromatic rings. The maximum absolute atomic E-state index is 11.9. The van der Waals surface area contributed by atoms with Crippen molar-refractivity contribution in [2.45, 2.75) is 31.6 Å². The van der Waals surface area contributed by atoms with Crippen molar-refractivity contribution < 1.29 is 18.3 Å². The van der Waals surface area contributed by atoms with Gasteiger partial charge < -0.3 is 5.11 Å². The summed E-state index contributed by atoms with van der Waals surface area (Å²) in [4.78, 5) is 11.1. The normalized spacial score (nSPS) is 14.4. The predicted octanol–water partition coefficient (Wildman–Crippen LogP) is 0.264. The third-order valence-corrected chi connectivity index (χ3v) is 4.54. The summed E-state index contributed by atoms with van der Waals surface area (Å²) in [6.45, 7) is 4.49. The maximum atomic E-state index is 11.9. The fourth-order valence-electron chi connectivity index (χ4n) is 1.18. The van der Waals surface area contributed by atoms with E-state index in [9.17, 15) is 13.2 Å². The van der Waals surface area contributed by atoms with Crippen molar-refractivity contribution in [3.63, 3.8) is 0 Å². The molecule has 0 aliphatic rings. The third-order valence-electron chi connectivity index (χ3n) is 2.38. The number of sulfonamides is 1. The van der Waals surface area contributed by atoms with Crippen molar-refractivity contribution in [2.24, 2.45) is 7.05 Å². The first-order chi connectivity index (χ1) is 8.04. The Morgan fingerprint density at radius 3 is 2.39 bits per heavy atom. The highest BCUT2D eigenvalue weighted by molar-refractivity contribution is 7.90. The minimum Gasteiger partial charge on any atom is -0.480 e. The van der Waals surface area contributed by atoms with Crippen LogP contribution in [0.15, 0.2) is 12.4 Å². The van der Waals surface area contributed by atoms with E-state index in [-0.39, 0.29) is 5.56 Å². The number of nitrogens with zero attached hydrogens (tertiary/aromatic N) is 2. The fourth-order valence-corrected chi connectivity index (χ4v) is 2.08. The lowest BCUT2D eigenvalue weighted by molar-refractivity contribution is -0.139. The van der Waals surface area contributed by atoms with E-state index in [0.717, 1.165) is 0 Å². The molecule has 0 bridgehead atoms. The molecule has 102 valence electrons. The summed E-state index contributed by atoms with van der Waals surface area (Å²) >= 11 is 0. The van der Waals surface area contributed by atoms with Crippen molar-refractivity contribution in [2.75, 3.05) is 0 Å². The van der Waals surface area contributed by atoms with Crippen LogP contribution in [0.2, 0.25) is 0 Å². The number of aryl methyl sites for hydroxylation is 1. The summed E-state index contributed by atoms with van der Waals surface area (Å²) in [7, 11) is -2.12. The number of nitrogens with one attached hydrogen (secondary N) is 1. The van der Waals surface area contributed by atoms with Crippen molar-refractivity contribution in [3.05, 3.63) is 18.0 Å². The number of carbonyl (C=O) groups is 1. The Morgan fingerprint density at radius 2 is 2.06 bits per heavy atom. The van der Waals surface area contributed by atoms with Gasteiger partial charge in [-0.25, -0.2) is 8.42 Å². The fraction of sp³-hybridized carbons (Fsp3) is 0.600. The Labute approximate surface area is 106 Å². The van der Waals surface area contributed by atoms with Crippen molar-refractivity contribution in [3.8, 4) is 0 Å². The van der Waals surface area contributed by atoms with E-state index in [2.05, 4.69) is 9.82 Å². The molecule has 0 aliphatic carbocycles. The van der Waals surface area contributed by atoms with Crippen LogP contribution in [0.4, 0.5) is 0 Å². The van der Waals surface area contributed by atoms with Gasteiger partial charge in [0.2, 0.25) is 10.0 Å². The number of aromatic nitrogens is 2. The third kappa shape index (κ3) is 3.08. The molecular formula is C10H17N3O4S. The molecule has 8 heteroatoms. The second kappa shape index (κ2) is 4.69. The Balaban J connectivity index is 3.07. The lowest BCUT2D eigenvalue weighted by atomic mass is 10.2. The van der Waals surface area contributed by atoms with Crippen LogP contribution in [-0.2, 0) is 21.9 Å². The molecule has 0 amide bonds. The highest BCUT2D eigenvalue weighted by Gasteiger charge is 2.34. The van der Waals surface area contributed by atoms with Gasteiger partial charge in [0.1, 0.15) is 6.04 Å². The molecule has 0 spiro atoms. The molecule has 7 nitrogen and oxygen atoms in total. The lowest BCUT2D eigenvalue weighted by Gasteiger charge is -2.22. The molecular weight excluding hydrogens is 258 g/mol. The lowest BCUT2D eigenvalue weighted by Crippen LogP contribution is -2.43. The standard InChI is InChI=1S/C10H17N3O4S/c1-10(2,3)18(16,17)12-8(9(14)15)7-5-11-13(4)6-7/h5-6,8,12H,1-4H3,(H,14,15). The van der Waals surface area contributed by atoms with Gasteiger partial charge in [-0.3, -0.25) is 9.48 Å². The summed E-state index contributed by atoms with van der Waals surface area (Å²) in [5.74, 6) is -1.27. The van der Waals surface area contributed by atoms with Crippen LogP contribution in [0, 0.1) is 0 Å². The summed E-state index contributed by atoms with van der Waals surface area (Å²) < 4.78 is 26.4. The number of carboxylic acid groups (broad SMARTS) is 1. The van der Waals surface area contributed by atoms with E-state index in [4.69, 9.17) is 5.11 Å². The quantitative estimate of drug-likeness (QED) is 0.821. The van der Waals surface area contributed by atoms with Gasteiger partial charge in [-0.15, -0.1) is 0 Å². The molecule has 18 heavy (non-hydrogen) atoms. The van der Waals surface area contributed by atoms with Gasteiger partial charge in [0.05, 0.1) is 10.9 Å². The summed E-state index contributed by atoms with van der Waals surface area (Å²) in [5, 5.41) is 12.9. The van der Waals surface area contributed by atoms with Crippen molar-refractivity contribution >= 4 is 16.0 Å². The molecule has 1 aromatic heterocycles. The molecule has 0 saturated heterocycles. The average Bonchev–Trinajstić information content (AvgIpc) is 2.59. The van der Waals surface area contributed by atoms with Crippen LogP contribution in [-0.4, -0.2) is 34.0 Å². The van der Waals surface area contributed by atoms with E-state index in [1.54, 1.807) is 7.05 Å². The smallest absolute Gasteiger partial charge is 0.326 e. The van der Waals surface area contributed by atoms with Crippen LogP contribution in [0.25, 0.3) is 0 Å². The van der Waals surface area contributed by atoms with Gasteiger partial charge in [-0.1, -0.05) is 0 Å². The largest absolute Gasteiger partial charge is 0.480 e. The topological polar surface area (TPSA) is 101 Å². The van der Waals surface area contributed by atoms with Gasteiger partial charge in [-0.05, 0) is 20.8 Å². The van der Waals surface area contributed by atoms with Crippen molar-refractivity contribution in [1.29, 1.82) is 0 Å². The molecule has 0 radical (unpaired) electrons. The van der Waals surface area contributed by atoms with Gasteiger partial charge in [0, 0.05) is 18.8 Å². The zero-order valence-corrected chi connectivity index (χ0v) is 11.5. The zero-order valence-electron chi connectivity index (χ0n) is 10.7. The molecule has 1 heterocycles. The van der Waals surface area contributed by atoms with Crippen LogP contribution in [0.1, 0.15) is 32.4 Å². The minimum absolute atomic E-state index is 0.290. The number of carboxylic acids is 1. The van der Waals surface area contributed by atoms with E-state index in [0.29, 0.717) is 0 Å². The molecule has 0 fully saturated rings. The molecule has 1 atom stereocenters. The van der Waals surface area contributed by atoms with Crippen LogP contribution in [0.3, 0.4) is 0 Å². The molecule has 1 rings (SSSR count). The number of rotatable bonds is 4. The Hall–Kier alpha value is -1.41.